The molecule has 0 spiro atoms. The summed E-state index contributed by atoms with van der Waals surface area (Å²) in [6, 6.07) is 17.3. The molecule has 1 unspecified atom stereocenters. The Balaban J connectivity index is 1.49. The number of hydrogen-bond donors (Lipinski definition) is 1. The van der Waals surface area contributed by atoms with Crippen LogP contribution in [0.1, 0.15) is 36.4 Å². The van der Waals surface area contributed by atoms with E-state index in [0.717, 1.165) is 30.5 Å². The highest BCUT2D eigenvalue weighted by Gasteiger charge is 2.29. The molecule has 0 saturated carbocycles. The third kappa shape index (κ3) is 4.15. The quantitative estimate of drug-likeness (QED) is 0.825. The Morgan fingerprint density at radius 2 is 1.88 bits per heavy atom. The monoisotopic (exact) mass is 325 g/mol. The zero-order valence-electron chi connectivity index (χ0n) is 13.7. The van der Waals surface area contributed by atoms with Gasteiger partial charge in [-0.25, -0.2) is 0 Å². The molecule has 2 aromatic carbocycles. The second kappa shape index (κ2) is 7.97. The minimum atomic E-state index is 0.118. The van der Waals surface area contributed by atoms with Crippen LogP contribution in [0.15, 0.2) is 54.6 Å². The molecule has 0 aromatic heterocycles. The number of ether oxygens (including phenoxy) is 1. The van der Waals surface area contributed by atoms with E-state index in [4.69, 9.17) is 4.74 Å². The van der Waals surface area contributed by atoms with Crippen molar-refractivity contribution in [1.29, 1.82) is 0 Å². The second-order valence-electron chi connectivity index (χ2n) is 6.12. The first kappa shape index (κ1) is 16.5. The van der Waals surface area contributed by atoms with E-state index in [0.29, 0.717) is 19.6 Å². The van der Waals surface area contributed by atoms with Crippen LogP contribution >= 0.6 is 0 Å². The van der Waals surface area contributed by atoms with Gasteiger partial charge in [0.15, 0.2) is 0 Å². The van der Waals surface area contributed by atoms with Gasteiger partial charge >= 0.3 is 0 Å². The van der Waals surface area contributed by atoms with E-state index in [-0.39, 0.29) is 17.7 Å². The number of carbonyl (C=O) groups is 1. The number of benzene rings is 2. The van der Waals surface area contributed by atoms with E-state index in [1.54, 1.807) is 12.1 Å². The smallest absolute Gasteiger partial charge is 0.225 e. The molecule has 126 valence electrons. The van der Waals surface area contributed by atoms with Gasteiger partial charge in [0.25, 0.3) is 0 Å². The standard InChI is InChI=1S/C20H23NO3/c22-18-10-8-17(9-11-18)19-7-4-13-21(19)20(23)12-14-24-15-16-5-2-1-3-6-16/h1-3,5-6,8-11,19,22H,4,7,12-15H2. The van der Waals surface area contributed by atoms with Crippen molar-refractivity contribution in [1.82, 2.24) is 4.90 Å². The van der Waals surface area contributed by atoms with Crippen molar-refractivity contribution in [2.24, 2.45) is 0 Å². The fraction of sp³-hybridized carbons (Fsp3) is 0.350. The average molecular weight is 325 g/mol. The maximum Gasteiger partial charge on any atom is 0.225 e. The molecule has 1 aliphatic rings. The van der Waals surface area contributed by atoms with Gasteiger partial charge in [-0.3, -0.25) is 4.79 Å². The SMILES string of the molecule is O=C(CCOCc1ccccc1)N1CCCC1c1ccc(O)cc1. The van der Waals surface area contributed by atoms with Crippen LogP contribution < -0.4 is 0 Å². The van der Waals surface area contributed by atoms with Crippen molar-refractivity contribution in [3.63, 3.8) is 0 Å². The van der Waals surface area contributed by atoms with Gasteiger partial charge < -0.3 is 14.7 Å². The highest BCUT2D eigenvalue weighted by atomic mass is 16.5. The summed E-state index contributed by atoms with van der Waals surface area (Å²) < 4.78 is 5.63. The molecular weight excluding hydrogens is 302 g/mol. The number of amides is 1. The average Bonchev–Trinajstić information content (AvgIpc) is 3.10. The van der Waals surface area contributed by atoms with E-state index in [1.807, 2.05) is 47.4 Å². The van der Waals surface area contributed by atoms with E-state index < -0.39 is 0 Å². The van der Waals surface area contributed by atoms with Crippen LogP contribution in [-0.2, 0) is 16.1 Å². The summed E-state index contributed by atoms with van der Waals surface area (Å²) in [6.45, 7) is 1.77. The van der Waals surface area contributed by atoms with E-state index >= 15 is 0 Å². The Bertz CT molecular complexity index is 654. The van der Waals surface area contributed by atoms with Crippen LogP contribution in [0.2, 0.25) is 0 Å². The van der Waals surface area contributed by atoms with Crippen LogP contribution in [0.4, 0.5) is 0 Å². The Labute approximate surface area is 142 Å². The van der Waals surface area contributed by atoms with Crippen LogP contribution in [0.5, 0.6) is 5.75 Å². The Kier molecular flexibility index (Phi) is 5.49. The lowest BCUT2D eigenvalue weighted by Crippen LogP contribution is -2.31. The molecule has 24 heavy (non-hydrogen) atoms. The van der Waals surface area contributed by atoms with Crippen molar-refractivity contribution in [2.45, 2.75) is 31.9 Å². The molecule has 0 radical (unpaired) electrons. The third-order valence-corrected chi connectivity index (χ3v) is 4.42. The summed E-state index contributed by atoms with van der Waals surface area (Å²) in [5, 5.41) is 9.41. The number of aromatic hydroxyl groups is 1. The maximum absolute atomic E-state index is 12.5. The summed E-state index contributed by atoms with van der Waals surface area (Å²) in [6.07, 6.45) is 2.39. The molecule has 1 amide bonds. The van der Waals surface area contributed by atoms with Crippen molar-refractivity contribution < 1.29 is 14.6 Å². The van der Waals surface area contributed by atoms with Crippen LogP contribution in [0.25, 0.3) is 0 Å². The molecule has 1 atom stereocenters. The number of phenolic OH excluding ortho intramolecular Hbond substituents is 1. The topological polar surface area (TPSA) is 49.8 Å². The molecule has 1 aliphatic heterocycles. The summed E-state index contributed by atoms with van der Waals surface area (Å²) in [4.78, 5) is 14.4. The van der Waals surface area contributed by atoms with Crippen LogP contribution in [-0.4, -0.2) is 29.1 Å². The third-order valence-electron chi connectivity index (χ3n) is 4.42. The maximum atomic E-state index is 12.5. The fourth-order valence-electron chi connectivity index (χ4n) is 3.18. The van der Waals surface area contributed by atoms with Gasteiger partial charge in [0.1, 0.15) is 5.75 Å². The first-order valence-corrected chi connectivity index (χ1v) is 8.44. The van der Waals surface area contributed by atoms with Crippen LogP contribution in [0.3, 0.4) is 0 Å². The number of carbonyl (C=O) groups excluding carboxylic acids is 1. The Hall–Kier alpha value is -2.33. The number of phenols is 1. The molecule has 1 heterocycles. The first-order chi connectivity index (χ1) is 11.7. The van der Waals surface area contributed by atoms with Gasteiger partial charge in [0.2, 0.25) is 5.91 Å². The second-order valence-corrected chi connectivity index (χ2v) is 6.12. The minimum Gasteiger partial charge on any atom is -0.508 e. The van der Waals surface area contributed by atoms with Crippen LogP contribution in [0, 0.1) is 0 Å². The molecule has 4 heteroatoms. The van der Waals surface area contributed by atoms with Crippen molar-refractivity contribution >= 4 is 5.91 Å². The molecule has 1 fully saturated rings. The highest BCUT2D eigenvalue weighted by molar-refractivity contribution is 5.77. The van der Waals surface area contributed by atoms with E-state index in [1.165, 1.54) is 0 Å². The van der Waals surface area contributed by atoms with Gasteiger partial charge in [0.05, 0.1) is 25.7 Å². The number of nitrogens with zero attached hydrogens (tertiary/aromatic N) is 1. The van der Waals surface area contributed by atoms with Gasteiger partial charge in [-0.15, -0.1) is 0 Å². The fourth-order valence-corrected chi connectivity index (χ4v) is 3.18. The summed E-state index contributed by atoms with van der Waals surface area (Å²) in [7, 11) is 0. The van der Waals surface area contributed by atoms with Gasteiger partial charge in [0, 0.05) is 6.54 Å². The Morgan fingerprint density at radius 1 is 1.12 bits per heavy atom. The lowest BCUT2D eigenvalue weighted by molar-refractivity contribution is -0.133. The van der Waals surface area contributed by atoms with Gasteiger partial charge in [-0.2, -0.15) is 0 Å². The van der Waals surface area contributed by atoms with Crippen molar-refractivity contribution in [3.05, 3.63) is 65.7 Å². The highest BCUT2D eigenvalue weighted by Crippen LogP contribution is 2.33. The Morgan fingerprint density at radius 3 is 2.62 bits per heavy atom. The van der Waals surface area contributed by atoms with Crippen molar-refractivity contribution in [2.75, 3.05) is 13.2 Å². The predicted octanol–water partition coefficient (Wildman–Crippen LogP) is 3.66. The van der Waals surface area contributed by atoms with E-state index in [9.17, 15) is 9.90 Å². The molecule has 1 N–H and O–H groups in total. The lowest BCUT2D eigenvalue weighted by atomic mass is 10.0. The van der Waals surface area contributed by atoms with Gasteiger partial charge in [-0.1, -0.05) is 42.5 Å². The molecule has 2 aromatic rings. The molecular formula is C20H23NO3. The predicted molar refractivity (Wildman–Crippen MR) is 92.5 cm³/mol. The zero-order chi connectivity index (χ0) is 16.8. The van der Waals surface area contributed by atoms with E-state index in [2.05, 4.69) is 0 Å². The summed E-state index contributed by atoms with van der Waals surface area (Å²) in [5.74, 6) is 0.391. The lowest BCUT2D eigenvalue weighted by Gasteiger charge is -2.25. The molecule has 3 rings (SSSR count). The van der Waals surface area contributed by atoms with Gasteiger partial charge in [-0.05, 0) is 36.1 Å². The summed E-state index contributed by atoms with van der Waals surface area (Å²) in [5.41, 5.74) is 2.21. The number of hydrogen-bond acceptors (Lipinski definition) is 3. The molecule has 0 aliphatic carbocycles. The largest absolute Gasteiger partial charge is 0.508 e. The molecule has 4 nitrogen and oxygen atoms in total. The number of rotatable bonds is 6. The summed E-state index contributed by atoms with van der Waals surface area (Å²) >= 11 is 0. The van der Waals surface area contributed by atoms with Crippen molar-refractivity contribution in [3.8, 4) is 5.75 Å². The zero-order valence-corrected chi connectivity index (χ0v) is 13.7. The molecule has 1 saturated heterocycles. The first-order valence-electron chi connectivity index (χ1n) is 8.44. The number of likely N-dealkylation sites (tertiary alicyclic amines) is 1. The normalized spacial score (nSPS) is 17.2. The molecule has 0 bridgehead atoms. The minimum absolute atomic E-state index is 0.118.